The van der Waals surface area contributed by atoms with Gasteiger partial charge in [-0.15, -0.1) is 0 Å². The molecule has 0 atom stereocenters. The summed E-state index contributed by atoms with van der Waals surface area (Å²) >= 11 is 0. The van der Waals surface area contributed by atoms with Gasteiger partial charge in [0.1, 0.15) is 11.5 Å². The number of aromatic hydroxyl groups is 1. The Balaban J connectivity index is 1.88. The van der Waals surface area contributed by atoms with Gasteiger partial charge in [0, 0.05) is 18.0 Å². The molecule has 1 aromatic heterocycles. The molecule has 2 aromatic rings. The fourth-order valence-electron chi connectivity index (χ4n) is 3.95. The molecule has 27 heavy (non-hydrogen) atoms. The number of hydrogen-bond donors (Lipinski definition) is 2. The van der Waals surface area contributed by atoms with Gasteiger partial charge in [0.05, 0.1) is 5.69 Å². The monoisotopic (exact) mass is 369 g/mol. The van der Waals surface area contributed by atoms with Gasteiger partial charge in [-0.1, -0.05) is 12.8 Å². The van der Waals surface area contributed by atoms with Crippen molar-refractivity contribution in [1.82, 2.24) is 4.98 Å². The zero-order valence-corrected chi connectivity index (χ0v) is 16.2. The number of ether oxygens (including phenoxy) is 1. The van der Waals surface area contributed by atoms with Crippen LogP contribution in [0.3, 0.4) is 0 Å². The zero-order valence-electron chi connectivity index (χ0n) is 16.2. The number of benzene rings is 1. The van der Waals surface area contributed by atoms with Crippen LogP contribution < -0.4 is 4.74 Å². The van der Waals surface area contributed by atoms with Gasteiger partial charge in [-0.25, -0.2) is 4.79 Å². The summed E-state index contributed by atoms with van der Waals surface area (Å²) in [6.07, 6.45) is 5.27. The summed E-state index contributed by atoms with van der Waals surface area (Å²) in [5, 5.41) is 19.1. The lowest BCUT2D eigenvalue weighted by atomic mass is 9.93. The SMILES string of the molecule is Cc1cc(OCC(=O)O)c(C)c(C)c1Cc1ccc(O)c(C2CCCC2)n1. The number of carbonyl (C=O) groups is 1. The number of rotatable bonds is 6. The number of carboxylic acids is 1. The Morgan fingerprint density at radius 1 is 1.19 bits per heavy atom. The molecule has 0 bridgehead atoms. The fourth-order valence-corrected chi connectivity index (χ4v) is 3.95. The lowest BCUT2D eigenvalue weighted by molar-refractivity contribution is -0.139. The summed E-state index contributed by atoms with van der Waals surface area (Å²) in [4.78, 5) is 15.6. The van der Waals surface area contributed by atoms with Crippen molar-refractivity contribution in [2.24, 2.45) is 0 Å². The first-order chi connectivity index (χ1) is 12.9. The van der Waals surface area contributed by atoms with E-state index in [-0.39, 0.29) is 6.61 Å². The molecule has 1 saturated carbocycles. The van der Waals surface area contributed by atoms with Gasteiger partial charge in [-0.05, 0) is 74.1 Å². The summed E-state index contributed by atoms with van der Waals surface area (Å²) in [6.45, 7) is 5.64. The minimum absolute atomic E-state index is 0.299. The number of pyridine rings is 1. The largest absolute Gasteiger partial charge is 0.506 e. The Bertz CT molecular complexity index is 854. The Morgan fingerprint density at radius 3 is 2.56 bits per heavy atom. The molecule has 144 valence electrons. The van der Waals surface area contributed by atoms with Crippen LogP contribution in [0.5, 0.6) is 11.5 Å². The van der Waals surface area contributed by atoms with Gasteiger partial charge in [0.15, 0.2) is 6.61 Å². The van der Waals surface area contributed by atoms with E-state index in [1.54, 1.807) is 6.07 Å². The molecule has 0 saturated heterocycles. The van der Waals surface area contributed by atoms with E-state index in [1.807, 2.05) is 32.9 Å². The van der Waals surface area contributed by atoms with Crippen LogP contribution >= 0.6 is 0 Å². The van der Waals surface area contributed by atoms with E-state index in [0.717, 1.165) is 40.9 Å². The molecule has 2 N–H and O–H groups in total. The fraction of sp³-hybridized carbons (Fsp3) is 0.455. The molecular weight excluding hydrogens is 342 g/mol. The van der Waals surface area contributed by atoms with Crippen LogP contribution in [0.4, 0.5) is 0 Å². The minimum atomic E-state index is -0.985. The Morgan fingerprint density at radius 2 is 1.89 bits per heavy atom. The molecule has 1 aliphatic carbocycles. The minimum Gasteiger partial charge on any atom is -0.506 e. The third kappa shape index (κ3) is 4.24. The van der Waals surface area contributed by atoms with Gasteiger partial charge in [0.25, 0.3) is 0 Å². The second kappa shape index (κ2) is 7.99. The van der Waals surface area contributed by atoms with Crippen molar-refractivity contribution in [3.63, 3.8) is 0 Å². The van der Waals surface area contributed by atoms with Crippen molar-refractivity contribution in [2.75, 3.05) is 6.61 Å². The summed E-state index contributed by atoms with van der Waals surface area (Å²) in [5.74, 6) is 0.288. The van der Waals surface area contributed by atoms with Crippen molar-refractivity contribution in [3.05, 3.63) is 51.8 Å². The number of aromatic nitrogens is 1. The van der Waals surface area contributed by atoms with Gasteiger partial charge < -0.3 is 14.9 Å². The second-order valence-corrected chi connectivity index (χ2v) is 7.47. The molecule has 3 rings (SSSR count). The van der Waals surface area contributed by atoms with E-state index in [1.165, 1.54) is 18.4 Å². The zero-order chi connectivity index (χ0) is 19.6. The Kier molecular flexibility index (Phi) is 5.68. The predicted octanol–water partition coefficient (Wildman–Crippen LogP) is 4.42. The quantitative estimate of drug-likeness (QED) is 0.788. The van der Waals surface area contributed by atoms with Crippen LogP contribution in [0.2, 0.25) is 0 Å². The highest BCUT2D eigenvalue weighted by Gasteiger charge is 2.22. The van der Waals surface area contributed by atoms with Crippen molar-refractivity contribution in [3.8, 4) is 11.5 Å². The molecule has 0 radical (unpaired) electrons. The van der Waals surface area contributed by atoms with Crippen LogP contribution in [0, 0.1) is 20.8 Å². The molecule has 0 amide bonds. The molecule has 1 heterocycles. The third-order valence-corrected chi connectivity index (χ3v) is 5.62. The van der Waals surface area contributed by atoms with Gasteiger partial charge >= 0.3 is 5.97 Å². The molecule has 0 spiro atoms. The van der Waals surface area contributed by atoms with Crippen LogP contribution in [0.1, 0.15) is 65.2 Å². The number of aryl methyl sites for hydroxylation is 1. The van der Waals surface area contributed by atoms with Crippen LogP contribution in [-0.4, -0.2) is 27.8 Å². The van der Waals surface area contributed by atoms with Crippen molar-refractivity contribution in [1.29, 1.82) is 0 Å². The van der Waals surface area contributed by atoms with Crippen molar-refractivity contribution >= 4 is 5.97 Å². The normalized spacial score (nSPS) is 14.5. The maximum absolute atomic E-state index is 10.8. The first kappa shape index (κ1) is 19.2. The summed E-state index contributed by atoms with van der Waals surface area (Å²) in [7, 11) is 0. The molecule has 1 aromatic carbocycles. The lowest BCUT2D eigenvalue weighted by Crippen LogP contribution is -2.11. The van der Waals surface area contributed by atoms with Gasteiger partial charge in [-0.3, -0.25) is 4.98 Å². The van der Waals surface area contributed by atoms with E-state index >= 15 is 0 Å². The number of aliphatic carboxylic acids is 1. The van der Waals surface area contributed by atoms with E-state index in [0.29, 0.717) is 23.8 Å². The number of carboxylic acid groups (broad SMARTS) is 1. The summed E-state index contributed by atoms with van der Waals surface area (Å²) < 4.78 is 5.42. The van der Waals surface area contributed by atoms with E-state index in [2.05, 4.69) is 0 Å². The molecule has 1 fully saturated rings. The highest BCUT2D eigenvalue weighted by Crippen LogP contribution is 2.37. The number of hydrogen-bond acceptors (Lipinski definition) is 4. The summed E-state index contributed by atoms with van der Waals surface area (Å²) in [5.41, 5.74) is 6.04. The van der Waals surface area contributed by atoms with E-state index < -0.39 is 5.97 Å². The maximum atomic E-state index is 10.8. The molecule has 1 aliphatic rings. The average Bonchev–Trinajstić information content (AvgIpc) is 3.16. The third-order valence-electron chi connectivity index (χ3n) is 5.62. The van der Waals surface area contributed by atoms with E-state index in [9.17, 15) is 9.90 Å². The first-order valence-corrected chi connectivity index (χ1v) is 9.50. The average molecular weight is 369 g/mol. The topological polar surface area (TPSA) is 79.7 Å². The molecular formula is C22H27NO4. The molecule has 0 unspecified atom stereocenters. The highest BCUT2D eigenvalue weighted by molar-refractivity contribution is 5.68. The summed E-state index contributed by atoms with van der Waals surface area (Å²) in [6, 6.07) is 5.55. The second-order valence-electron chi connectivity index (χ2n) is 7.47. The molecule has 5 heteroatoms. The van der Waals surface area contributed by atoms with Crippen LogP contribution in [-0.2, 0) is 11.2 Å². The first-order valence-electron chi connectivity index (χ1n) is 9.50. The lowest BCUT2D eigenvalue weighted by Gasteiger charge is -2.18. The molecule has 0 aliphatic heterocycles. The van der Waals surface area contributed by atoms with Crippen LogP contribution in [0.25, 0.3) is 0 Å². The van der Waals surface area contributed by atoms with E-state index in [4.69, 9.17) is 14.8 Å². The van der Waals surface area contributed by atoms with Gasteiger partial charge in [0.2, 0.25) is 0 Å². The predicted molar refractivity (Wildman–Crippen MR) is 104 cm³/mol. The van der Waals surface area contributed by atoms with Crippen molar-refractivity contribution in [2.45, 2.75) is 58.8 Å². The smallest absolute Gasteiger partial charge is 0.341 e. The molecule has 5 nitrogen and oxygen atoms in total. The van der Waals surface area contributed by atoms with Gasteiger partial charge in [-0.2, -0.15) is 0 Å². The van der Waals surface area contributed by atoms with Crippen LogP contribution in [0.15, 0.2) is 18.2 Å². The Hall–Kier alpha value is -2.56. The maximum Gasteiger partial charge on any atom is 0.341 e. The highest BCUT2D eigenvalue weighted by atomic mass is 16.5. The number of nitrogens with zero attached hydrogens (tertiary/aromatic N) is 1. The Labute approximate surface area is 160 Å². The van der Waals surface area contributed by atoms with Crippen molar-refractivity contribution < 1.29 is 19.7 Å². The standard InChI is InChI=1S/C22H27NO4/c1-13-10-20(27-12-21(25)26)15(3)14(2)18(13)11-17-8-9-19(24)22(23-17)16-6-4-5-7-16/h8-10,16,24H,4-7,11-12H2,1-3H3,(H,25,26).